The van der Waals surface area contributed by atoms with Gasteiger partial charge in [0, 0.05) is 31.7 Å². The first-order chi connectivity index (χ1) is 10.2. The second-order valence-corrected chi connectivity index (χ2v) is 5.39. The van der Waals surface area contributed by atoms with Gasteiger partial charge in [-0.05, 0) is 13.0 Å². The third-order valence-electron chi connectivity index (χ3n) is 3.61. The molecule has 21 heavy (non-hydrogen) atoms. The average molecular weight is 306 g/mol. The first-order valence-electron chi connectivity index (χ1n) is 6.89. The number of amides is 1. The van der Waals surface area contributed by atoms with Crippen LogP contribution in [0.4, 0.5) is 0 Å². The highest BCUT2D eigenvalue weighted by Crippen LogP contribution is 2.31. The molecule has 1 aliphatic heterocycles. The zero-order valence-corrected chi connectivity index (χ0v) is 12.5. The van der Waals surface area contributed by atoms with Gasteiger partial charge in [-0.1, -0.05) is 35.0 Å². The monoisotopic (exact) mass is 305 g/mol. The molecule has 6 heteroatoms. The fraction of sp³-hybridized carbons (Fsp3) is 0.333. The van der Waals surface area contributed by atoms with E-state index in [2.05, 4.69) is 10.5 Å². The summed E-state index contributed by atoms with van der Waals surface area (Å²) in [6.07, 6.45) is 0. The van der Waals surface area contributed by atoms with Crippen LogP contribution in [0.5, 0.6) is 0 Å². The second kappa shape index (κ2) is 5.87. The Morgan fingerprint density at radius 3 is 2.76 bits per heavy atom. The van der Waals surface area contributed by atoms with Crippen molar-refractivity contribution >= 4 is 17.5 Å². The number of aryl methyl sites for hydroxylation is 1. The highest BCUT2D eigenvalue weighted by Gasteiger charge is 2.27. The molecule has 0 radical (unpaired) electrons. The summed E-state index contributed by atoms with van der Waals surface area (Å²) in [4.78, 5) is 14.6. The van der Waals surface area contributed by atoms with Crippen LogP contribution in [-0.4, -0.2) is 42.1 Å². The normalized spacial score (nSPS) is 15.2. The number of rotatable bonds is 2. The molecule has 1 aliphatic rings. The van der Waals surface area contributed by atoms with Gasteiger partial charge >= 0.3 is 0 Å². The first kappa shape index (κ1) is 14.1. The lowest BCUT2D eigenvalue weighted by Crippen LogP contribution is -2.46. The summed E-state index contributed by atoms with van der Waals surface area (Å²) >= 11 is 6.21. The lowest BCUT2D eigenvalue weighted by atomic mass is 10.0. The van der Waals surface area contributed by atoms with Crippen LogP contribution in [0.2, 0.25) is 5.02 Å². The van der Waals surface area contributed by atoms with Crippen molar-refractivity contribution in [1.29, 1.82) is 0 Å². The predicted octanol–water partition coefficient (Wildman–Crippen LogP) is 2.35. The van der Waals surface area contributed by atoms with Gasteiger partial charge in [-0.25, -0.2) is 0 Å². The Hall–Kier alpha value is -1.85. The smallest absolute Gasteiger partial charge is 0.259 e. The first-order valence-corrected chi connectivity index (χ1v) is 7.27. The fourth-order valence-corrected chi connectivity index (χ4v) is 2.71. The number of halogens is 1. The van der Waals surface area contributed by atoms with Crippen molar-refractivity contribution in [2.24, 2.45) is 0 Å². The third kappa shape index (κ3) is 2.66. The standard InChI is InChI=1S/C15H16ClN3O2/c1-10-13(15(20)19-8-6-17-7-9-19)14(18-21-10)11-4-2-3-5-12(11)16/h2-5,17H,6-9H2,1H3. The van der Waals surface area contributed by atoms with Crippen LogP contribution in [0.15, 0.2) is 28.8 Å². The molecule has 1 aromatic heterocycles. The zero-order chi connectivity index (χ0) is 14.8. The third-order valence-corrected chi connectivity index (χ3v) is 3.94. The number of hydrogen-bond donors (Lipinski definition) is 1. The Kier molecular flexibility index (Phi) is 3.94. The molecule has 5 nitrogen and oxygen atoms in total. The van der Waals surface area contributed by atoms with Crippen molar-refractivity contribution in [3.63, 3.8) is 0 Å². The molecule has 1 aromatic carbocycles. The van der Waals surface area contributed by atoms with Gasteiger partial charge in [0.2, 0.25) is 0 Å². The maximum atomic E-state index is 12.7. The molecule has 0 spiro atoms. The largest absolute Gasteiger partial charge is 0.360 e. The van der Waals surface area contributed by atoms with E-state index in [1.165, 1.54) is 0 Å². The van der Waals surface area contributed by atoms with Crippen molar-refractivity contribution in [3.05, 3.63) is 40.6 Å². The van der Waals surface area contributed by atoms with E-state index in [9.17, 15) is 4.79 Å². The number of hydrogen-bond acceptors (Lipinski definition) is 4. The summed E-state index contributed by atoms with van der Waals surface area (Å²) in [5.74, 6) is 0.471. The summed E-state index contributed by atoms with van der Waals surface area (Å²) < 4.78 is 5.25. The quantitative estimate of drug-likeness (QED) is 0.925. The Labute approximate surface area is 127 Å². The predicted molar refractivity (Wildman–Crippen MR) is 80.5 cm³/mol. The lowest BCUT2D eigenvalue weighted by Gasteiger charge is -2.27. The summed E-state index contributed by atoms with van der Waals surface area (Å²) in [5, 5.41) is 7.83. The number of carbonyl (C=O) groups excluding carboxylic acids is 1. The number of nitrogens with zero attached hydrogens (tertiary/aromatic N) is 2. The van der Waals surface area contributed by atoms with Crippen LogP contribution in [0.1, 0.15) is 16.1 Å². The molecule has 1 fully saturated rings. The molecule has 0 bridgehead atoms. The van der Waals surface area contributed by atoms with Gasteiger partial charge in [0.25, 0.3) is 5.91 Å². The molecule has 0 unspecified atom stereocenters. The average Bonchev–Trinajstić information content (AvgIpc) is 2.89. The molecule has 0 saturated carbocycles. The van der Waals surface area contributed by atoms with Gasteiger partial charge in [0.15, 0.2) is 0 Å². The molecule has 2 heterocycles. The fourth-order valence-electron chi connectivity index (χ4n) is 2.49. The van der Waals surface area contributed by atoms with Gasteiger partial charge in [-0.2, -0.15) is 0 Å². The molecule has 2 aromatic rings. The molecule has 3 rings (SSSR count). The zero-order valence-electron chi connectivity index (χ0n) is 11.7. The Balaban J connectivity index is 2.01. The number of nitrogens with one attached hydrogen (secondary N) is 1. The van der Waals surface area contributed by atoms with E-state index in [1.807, 2.05) is 23.1 Å². The van der Waals surface area contributed by atoms with Crippen LogP contribution in [0, 0.1) is 6.92 Å². The van der Waals surface area contributed by atoms with E-state index in [1.54, 1.807) is 13.0 Å². The van der Waals surface area contributed by atoms with Crippen LogP contribution in [-0.2, 0) is 0 Å². The Bertz CT molecular complexity index is 663. The SMILES string of the molecule is Cc1onc(-c2ccccc2Cl)c1C(=O)N1CCNCC1. The minimum atomic E-state index is -0.0508. The highest BCUT2D eigenvalue weighted by molar-refractivity contribution is 6.33. The van der Waals surface area contributed by atoms with Crippen molar-refractivity contribution in [2.45, 2.75) is 6.92 Å². The summed E-state index contributed by atoms with van der Waals surface area (Å²) in [6, 6.07) is 7.33. The van der Waals surface area contributed by atoms with Crippen molar-refractivity contribution in [1.82, 2.24) is 15.4 Å². The van der Waals surface area contributed by atoms with E-state index in [4.69, 9.17) is 16.1 Å². The van der Waals surface area contributed by atoms with Gasteiger partial charge < -0.3 is 14.7 Å². The molecule has 110 valence electrons. The minimum Gasteiger partial charge on any atom is -0.360 e. The van der Waals surface area contributed by atoms with Gasteiger partial charge in [0.05, 0.1) is 5.02 Å². The van der Waals surface area contributed by atoms with E-state index in [0.717, 1.165) is 18.7 Å². The van der Waals surface area contributed by atoms with Crippen LogP contribution >= 0.6 is 11.6 Å². The number of aromatic nitrogens is 1. The topological polar surface area (TPSA) is 58.4 Å². The minimum absolute atomic E-state index is 0.0508. The van der Waals surface area contributed by atoms with Crippen LogP contribution in [0.25, 0.3) is 11.3 Å². The van der Waals surface area contributed by atoms with Crippen LogP contribution in [0.3, 0.4) is 0 Å². The molecule has 1 N–H and O–H groups in total. The summed E-state index contributed by atoms with van der Waals surface area (Å²) in [5.41, 5.74) is 1.74. The molecule has 1 saturated heterocycles. The van der Waals surface area contributed by atoms with Crippen molar-refractivity contribution < 1.29 is 9.32 Å². The van der Waals surface area contributed by atoms with Gasteiger partial charge in [0.1, 0.15) is 17.0 Å². The van der Waals surface area contributed by atoms with Crippen LogP contribution < -0.4 is 5.32 Å². The van der Waals surface area contributed by atoms with E-state index < -0.39 is 0 Å². The van der Waals surface area contributed by atoms with Gasteiger partial charge in [-0.3, -0.25) is 4.79 Å². The van der Waals surface area contributed by atoms with Crippen molar-refractivity contribution in [2.75, 3.05) is 26.2 Å². The van der Waals surface area contributed by atoms with E-state index in [0.29, 0.717) is 35.1 Å². The van der Waals surface area contributed by atoms with Crippen molar-refractivity contribution in [3.8, 4) is 11.3 Å². The molecule has 0 aliphatic carbocycles. The number of carbonyl (C=O) groups is 1. The lowest BCUT2D eigenvalue weighted by molar-refractivity contribution is 0.0734. The van der Waals surface area contributed by atoms with E-state index >= 15 is 0 Å². The highest BCUT2D eigenvalue weighted by atomic mass is 35.5. The molecular weight excluding hydrogens is 290 g/mol. The maximum absolute atomic E-state index is 12.7. The Morgan fingerprint density at radius 2 is 2.05 bits per heavy atom. The molecule has 1 amide bonds. The number of piperazine rings is 1. The summed E-state index contributed by atoms with van der Waals surface area (Å²) in [6.45, 7) is 4.73. The van der Waals surface area contributed by atoms with Gasteiger partial charge in [-0.15, -0.1) is 0 Å². The second-order valence-electron chi connectivity index (χ2n) is 4.98. The maximum Gasteiger partial charge on any atom is 0.259 e. The Morgan fingerprint density at radius 1 is 1.33 bits per heavy atom. The number of benzene rings is 1. The molecular formula is C15H16ClN3O2. The van der Waals surface area contributed by atoms with E-state index in [-0.39, 0.29) is 5.91 Å². The summed E-state index contributed by atoms with van der Waals surface area (Å²) in [7, 11) is 0. The molecule has 0 atom stereocenters.